The van der Waals surface area contributed by atoms with Gasteiger partial charge in [-0.15, -0.1) is 12.4 Å². The molecule has 0 fully saturated rings. The fourth-order valence-corrected chi connectivity index (χ4v) is 0.501. The second-order valence-corrected chi connectivity index (χ2v) is 2.08. The normalized spacial score (nSPS) is 13.9. The number of hydrogen-bond acceptors (Lipinski definition) is 2. The number of nitrogens with two attached hydrogens (primary N) is 2. The summed E-state index contributed by atoms with van der Waals surface area (Å²) in [5.74, 6) is 0. The van der Waals surface area contributed by atoms with Crippen molar-refractivity contribution >= 4 is 12.4 Å². The van der Waals surface area contributed by atoms with Crippen molar-refractivity contribution in [2.75, 3.05) is 6.54 Å². The number of halogens is 4. The molecule has 0 aliphatic heterocycles. The van der Waals surface area contributed by atoms with Crippen LogP contribution in [0.2, 0.25) is 0 Å². The Morgan fingerprint density at radius 2 is 1.73 bits per heavy atom. The largest absolute Gasteiger partial charge is 0.403 e. The first-order chi connectivity index (χ1) is 4.48. The van der Waals surface area contributed by atoms with Crippen LogP contribution in [0, 0.1) is 0 Å². The van der Waals surface area contributed by atoms with Crippen LogP contribution >= 0.6 is 12.4 Å². The lowest BCUT2D eigenvalue weighted by atomic mass is 10.1. The van der Waals surface area contributed by atoms with Crippen LogP contribution in [-0.4, -0.2) is 18.8 Å². The number of rotatable bonds is 3. The van der Waals surface area contributed by atoms with Gasteiger partial charge in [-0.2, -0.15) is 13.2 Å². The first-order valence-corrected chi connectivity index (χ1v) is 3.01. The second-order valence-electron chi connectivity index (χ2n) is 2.08. The van der Waals surface area contributed by atoms with Gasteiger partial charge in [0.15, 0.2) is 0 Å². The second kappa shape index (κ2) is 5.62. The molecular weight excluding hydrogens is 181 g/mol. The zero-order chi connectivity index (χ0) is 8.20. The predicted molar refractivity (Wildman–Crippen MR) is 39.6 cm³/mol. The third-order valence-corrected chi connectivity index (χ3v) is 1.14. The van der Waals surface area contributed by atoms with Gasteiger partial charge >= 0.3 is 6.18 Å². The SMILES string of the molecule is Cl.NCCC[C@@H](N)C(F)(F)F. The lowest BCUT2D eigenvalue weighted by Gasteiger charge is -2.14. The molecule has 11 heavy (non-hydrogen) atoms. The van der Waals surface area contributed by atoms with E-state index in [1.165, 1.54) is 0 Å². The maximum atomic E-state index is 11.6. The number of alkyl halides is 3. The van der Waals surface area contributed by atoms with E-state index in [4.69, 9.17) is 11.5 Å². The fourth-order valence-electron chi connectivity index (χ4n) is 0.501. The molecule has 0 radical (unpaired) electrons. The van der Waals surface area contributed by atoms with E-state index >= 15 is 0 Å². The summed E-state index contributed by atoms with van der Waals surface area (Å²) < 4.78 is 34.8. The summed E-state index contributed by atoms with van der Waals surface area (Å²) in [5.41, 5.74) is 9.75. The van der Waals surface area contributed by atoms with E-state index in [2.05, 4.69) is 0 Å². The van der Waals surface area contributed by atoms with E-state index in [0.717, 1.165) is 0 Å². The molecule has 0 aromatic heterocycles. The van der Waals surface area contributed by atoms with Crippen LogP contribution in [0.15, 0.2) is 0 Å². The van der Waals surface area contributed by atoms with Crippen molar-refractivity contribution in [2.45, 2.75) is 25.1 Å². The molecule has 2 nitrogen and oxygen atoms in total. The van der Waals surface area contributed by atoms with Crippen LogP contribution in [0.25, 0.3) is 0 Å². The minimum absolute atomic E-state index is 0. The molecule has 0 amide bonds. The zero-order valence-electron chi connectivity index (χ0n) is 5.90. The van der Waals surface area contributed by atoms with E-state index in [9.17, 15) is 13.2 Å². The van der Waals surface area contributed by atoms with Gasteiger partial charge in [0.1, 0.15) is 6.04 Å². The Kier molecular flexibility index (Phi) is 6.94. The van der Waals surface area contributed by atoms with Crippen molar-refractivity contribution in [2.24, 2.45) is 11.5 Å². The zero-order valence-corrected chi connectivity index (χ0v) is 6.71. The lowest BCUT2D eigenvalue weighted by Crippen LogP contribution is -2.37. The van der Waals surface area contributed by atoms with Crippen LogP contribution in [0.5, 0.6) is 0 Å². The lowest BCUT2D eigenvalue weighted by molar-refractivity contribution is -0.148. The molecule has 0 aliphatic carbocycles. The van der Waals surface area contributed by atoms with Crippen molar-refractivity contribution in [1.29, 1.82) is 0 Å². The molecule has 70 valence electrons. The molecule has 0 aromatic carbocycles. The van der Waals surface area contributed by atoms with Gasteiger partial charge in [0, 0.05) is 0 Å². The van der Waals surface area contributed by atoms with Gasteiger partial charge in [0.2, 0.25) is 0 Å². The first-order valence-electron chi connectivity index (χ1n) is 3.01. The highest BCUT2D eigenvalue weighted by molar-refractivity contribution is 5.85. The Morgan fingerprint density at radius 1 is 1.27 bits per heavy atom. The molecule has 0 spiro atoms. The molecule has 0 heterocycles. The van der Waals surface area contributed by atoms with Crippen molar-refractivity contribution in [3.63, 3.8) is 0 Å². The molecule has 6 heteroatoms. The summed E-state index contributed by atoms with van der Waals surface area (Å²) in [6.07, 6.45) is -4.03. The summed E-state index contributed by atoms with van der Waals surface area (Å²) in [6, 6.07) is -1.71. The minimum atomic E-state index is -4.27. The van der Waals surface area contributed by atoms with Crippen molar-refractivity contribution in [3.8, 4) is 0 Å². The summed E-state index contributed by atoms with van der Waals surface area (Å²) in [6.45, 7) is 0.254. The Balaban J connectivity index is 0. The predicted octanol–water partition coefficient (Wildman–Crippen LogP) is 1.04. The highest BCUT2D eigenvalue weighted by Gasteiger charge is 2.35. The van der Waals surface area contributed by atoms with Gasteiger partial charge in [-0.1, -0.05) is 0 Å². The molecule has 0 saturated carbocycles. The van der Waals surface area contributed by atoms with Gasteiger partial charge in [0.05, 0.1) is 0 Å². The van der Waals surface area contributed by atoms with E-state index in [-0.39, 0.29) is 25.4 Å². The third-order valence-electron chi connectivity index (χ3n) is 1.14. The first kappa shape index (κ1) is 13.6. The average molecular weight is 193 g/mol. The van der Waals surface area contributed by atoms with Gasteiger partial charge in [-0.25, -0.2) is 0 Å². The Bertz CT molecular complexity index is 96.2. The Morgan fingerprint density at radius 3 is 2.00 bits per heavy atom. The highest BCUT2D eigenvalue weighted by Crippen LogP contribution is 2.20. The van der Waals surface area contributed by atoms with Crippen LogP contribution in [0.3, 0.4) is 0 Å². The Labute approximate surface area is 69.5 Å². The molecule has 0 aliphatic rings. The molecule has 0 aromatic rings. The van der Waals surface area contributed by atoms with Crippen LogP contribution < -0.4 is 11.5 Å². The van der Waals surface area contributed by atoms with Gasteiger partial charge in [-0.3, -0.25) is 0 Å². The van der Waals surface area contributed by atoms with Crippen LogP contribution in [0.4, 0.5) is 13.2 Å². The summed E-state index contributed by atoms with van der Waals surface area (Å²) in [4.78, 5) is 0. The van der Waals surface area contributed by atoms with E-state index in [1.54, 1.807) is 0 Å². The summed E-state index contributed by atoms with van der Waals surface area (Å²) in [5, 5.41) is 0. The quantitative estimate of drug-likeness (QED) is 0.702. The van der Waals surface area contributed by atoms with Gasteiger partial charge in [0.25, 0.3) is 0 Å². The standard InChI is InChI=1S/C5H11F3N2.ClH/c6-5(7,8)4(10)2-1-3-9;/h4H,1-3,9-10H2;1H/t4-;/m1./s1. The topological polar surface area (TPSA) is 52.0 Å². The minimum Gasteiger partial charge on any atom is -0.330 e. The van der Waals surface area contributed by atoms with Crippen LogP contribution in [0.1, 0.15) is 12.8 Å². The highest BCUT2D eigenvalue weighted by atomic mass is 35.5. The maximum absolute atomic E-state index is 11.6. The maximum Gasteiger partial charge on any atom is 0.403 e. The molecule has 4 N–H and O–H groups in total. The fraction of sp³-hybridized carbons (Fsp3) is 1.00. The summed E-state index contributed by atoms with van der Waals surface area (Å²) >= 11 is 0. The van der Waals surface area contributed by atoms with E-state index in [1.807, 2.05) is 0 Å². The molecule has 0 bridgehead atoms. The monoisotopic (exact) mass is 192 g/mol. The Hall–Kier alpha value is -0.0000000000000000555. The number of hydrogen-bond donors (Lipinski definition) is 2. The molecule has 0 saturated heterocycles. The van der Waals surface area contributed by atoms with Gasteiger partial charge in [-0.05, 0) is 19.4 Å². The van der Waals surface area contributed by atoms with E-state index in [0.29, 0.717) is 6.42 Å². The van der Waals surface area contributed by atoms with Crippen molar-refractivity contribution in [1.82, 2.24) is 0 Å². The van der Waals surface area contributed by atoms with Crippen LogP contribution in [-0.2, 0) is 0 Å². The molecule has 1 atom stereocenters. The third kappa shape index (κ3) is 6.40. The molecule has 0 rings (SSSR count). The van der Waals surface area contributed by atoms with Crippen molar-refractivity contribution in [3.05, 3.63) is 0 Å². The van der Waals surface area contributed by atoms with Crippen molar-refractivity contribution < 1.29 is 13.2 Å². The van der Waals surface area contributed by atoms with E-state index < -0.39 is 12.2 Å². The molecular formula is C5H12ClF3N2. The average Bonchev–Trinajstić information content (AvgIpc) is 1.80. The smallest absolute Gasteiger partial charge is 0.330 e. The summed E-state index contributed by atoms with van der Waals surface area (Å²) in [7, 11) is 0. The van der Waals surface area contributed by atoms with Gasteiger partial charge < -0.3 is 11.5 Å². The molecule has 0 unspecified atom stereocenters.